The molecule has 2 rings (SSSR count). The Balaban J connectivity index is 2.32. The summed E-state index contributed by atoms with van der Waals surface area (Å²) < 4.78 is 4.99. The van der Waals surface area contributed by atoms with Crippen LogP contribution in [0, 0.1) is 0 Å². The van der Waals surface area contributed by atoms with Crippen molar-refractivity contribution in [2.75, 3.05) is 48.2 Å². The van der Waals surface area contributed by atoms with E-state index < -0.39 is 24.0 Å². The van der Waals surface area contributed by atoms with Crippen molar-refractivity contribution in [3.63, 3.8) is 0 Å². The fourth-order valence-corrected chi connectivity index (χ4v) is 2.75. The van der Waals surface area contributed by atoms with E-state index >= 15 is 0 Å². The number of benzene rings is 2. The van der Waals surface area contributed by atoms with Gasteiger partial charge in [-0.3, -0.25) is 9.59 Å². The van der Waals surface area contributed by atoms with Crippen LogP contribution in [0.1, 0.15) is 13.8 Å². The predicted octanol–water partition coefficient (Wildman–Crippen LogP) is 3.34. The first-order chi connectivity index (χ1) is 14.1. The van der Waals surface area contributed by atoms with Gasteiger partial charge in [-0.25, -0.2) is 9.69 Å². The van der Waals surface area contributed by atoms with E-state index in [2.05, 4.69) is 5.32 Å². The first-order valence-corrected chi connectivity index (χ1v) is 9.47. The highest BCUT2D eigenvalue weighted by atomic mass is 16.5. The lowest BCUT2D eigenvalue weighted by atomic mass is 10.2. The summed E-state index contributed by atoms with van der Waals surface area (Å²) in [6.45, 7) is 2.65. The zero-order chi connectivity index (χ0) is 22.4. The fourth-order valence-electron chi connectivity index (χ4n) is 2.75. The Labute approximate surface area is 177 Å². The standard InChI is InChI=1S/C22H28N4O4/c1-15(30-16(2)27)21(28)26(20-13-11-19(12-14-20)25(5)6)22(29)23-17-7-9-18(10-8-17)24(3)4/h7-15H,1-6H3,(H,23,29)/t15-/m0/s1. The Morgan fingerprint density at radius 2 is 1.23 bits per heavy atom. The topological polar surface area (TPSA) is 82.2 Å². The van der Waals surface area contributed by atoms with Gasteiger partial charge in [-0.15, -0.1) is 0 Å². The molecule has 30 heavy (non-hydrogen) atoms. The number of esters is 1. The maximum Gasteiger partial charge on any atom is 0.333 e. The molecule has 0 fully saturated rings. The summed E-state index contributed by atoms with van der Waals surface area (Å²) in [4.78, 5) is 42.1. The molecular formula is C22H28N4O4. The Hall–Kier alpha value is -3.55. The molecule has 0 unspecified atom stereocenters. The molecule has 3 amide bonds. The largest absolute Gasteiger partial charge is 0.453 e. The quantitative estimate of drug-likeness (QED) is 0.733. The number of carbonyl (C=O) groups is 3. The number of urea groups is 1. The molecule has 8 nitrogen and oxygen atoms in total. The minimum absolute atomic E-state index is 0.368. The molecule has 0 heterocycles. The van der Waals surface area contributed by atoms with E-state index in [9.17, 15) is 14.4 Å². The SMILES string of the molecule is CC(=O)O[C@@H](C)C(=O)N(C(=O)Nc1ccc(N(C)C)cc1)c1ccc(N(C)C)cc1. The van der Waals surface area contributed by atoms with Crippen molar-refractivity contribution in [3.8, 4) is 0 Å². The van der Waals surface area contributed by atoms with Crippen molar-refractivity contribution in [1.82, 2.24) is 0 Å². The second-order valence-corrected chi connectivity index (χ2v) is 7.21. The normalized spacial score (nSPS) is 11.3. The van der Waals surface area contributed by atoms with Crippen molar-refractivity contribution in [2.45, 2.75) is 20.0 Å². The first kappa shape index (κ1) is 22.7. The number of amides is 3. The molecule has 1 atom stereocenters. The average molecular weight is 412 g/mol. The van der Waals surface area contributed by atoms with E-state index in [1.807, 2.05) is 50.1 Å². The number of hydrogen-bond acceptors (Lipinski definition) is 6. The summed E-state index contributed by atoms with van der Waals surface area (Å²) in [6, 6.07) is 13.5. The fraction of sp³-hybridized carbons (Fsp3) is 0.318. The van der Waals surface area contributed by atoms with Gasteiger partial charge in [-0.05, 0) is 55.5 Å². The molecule has 0 saturated carbocycles. The number of carbonyl (C=O) groups excluding carboxylic acids is 3. The van der Waals surface area contributed by atoms with Gasteiger partial charge < -0.3 is 19.9 Å². The predicted molar refractivity (Wildman–Crippen MR) is 119 cm³/mol. The summed E-state index contributed by atoms with van der Waals surface area (Å²) in [5, 5.41) is 2.73. The highest BCUT2D eigenvalue weighted by molar-refractivity contribution is 6.19. The van der Waals surface area contributed by atoms with E-state index in [0.717, 1.165) is 16.3 Å². The van der Waals surface area contributed by atoms with Gasteiger partial charge in [0.15, 0.2) is 6.10 Å². The molecule has 0 aliphatic heterocycles. The van der Waals surface area contributed by atoms with Crippen LogP contribution in [0.25, 0.3) is 0 Å². The van der Waals surface area contributed by atoms with E-state index in [-0.39, 0.29) is 0 Å². The average Bonchev–Trinajstić information content (AvgIpc) is 2.68. The van der Waals surface area contributed by atoms with Gasteiger partial charge in [0, 0.05) is 52.2 Å². The van der Waals surface area contributed by atoms with Crippen molar-refractivity contribution < 1.29 is 19.1 Å². The molecule has 2 aromatic carbocycles. The van der Waals surface area contributed by atoms with Crippen LogP contribution in [-0.4, -0.2) is 52.2 Å². The highest BCUT2D eigenvalue weighted by Gasteiger charge is 2.30. The number of ether oxygens (including phenoxy) is 1. The Bertz CT molecular complexity index is 892. The molecule has 8 heteroatoms. The van der Waals surface area contributed by atoms with E-state index in [4.69, 9.17) is 4.74 Å². The van der Waals surface area contributed by atoms with Gasteiger partial charge in [0.2, 0.25) is 0 Å². The maximum absolute atomic E-state index is 13.0. The van der Waals surface area contributed by atoms with Crippen molar-refractivity contribution >= 4 is 40.7 Å². The summed E-state index contributed by atoms with van der Waals surface area (Å²) in [5.74, 6) is -1.25. The van der Waals surface area contributed by atoms with Crippen LogP contribution in [0.5, 0.6) is 0 Å². The van der Waals surface area contributed by atoms with Gasteiger partial charge in [0.1, 0.15) is 0 Å². The van der Waals surface area contributed by atoms with Gasteiger partial charge in [0.05, 0.1) is 5.69 Å². The molecular weight excluding hydrogens is 384 g/mol. The summed E-state index contributed by atoms with van der Waals surface area (Å²) in [7, 11) is 7.62. The lowest BCUT2D eigenvalue weighted by Gasteiger charge is -2.25. The molecule has 0 aromatic heterocycles. The van der Waals surface area contributed by atoms with Crippen LogP contribution in [0.2, 0.25) is 0 Å². The van der Waals surface area contributed by atoms with Crippen LogP contribution in [0.15, 0.2) is 48.5 Å². The number of nitrogens with zero attached hydrogens (tertiary/aromatic N) is 3. The number of rotatable bonds is 6. The molecule has 160 valence electrons. The van der Waals surface area contributed by atoms with E-state index in [0.29, 0.717) is 11.4 Å². The maximum atomic E-state index is 13.0. The summed E-state index contributed by atoms with van der Waals surface area (Å²) in [6.07, 6.45) is -1.11. The molecule has 0 saturated heterocycles. The second-order valence-electron chi connectivity index (χ2n) is 7.21. The third kappa shape index (κ3) is 5.73. The molecule has 0 spiro atoms. The van der Waals surface area contributed by atoms with Crippen LogP contribution < -0.4 is 20.0 Å². The minimum Gasteiger partial charge on any atom is -0.453 e. The van der Waals surface area contributed by atoms with Crippen LogP contribution in [0.4, 0.5) is 27.5 Å². The molecule has 0 aliphatic rings. The van der Waals surface area contributed by atoms with Gasteiger partial charge in [0.25, 0.3) is 5.91 Å². The number of anilines is 4. The zero-order valence-electron chi connectivity index (χ0n) is 18.2. The van der Waals surface area contributed by atoms with Crippen LogP contribution >= 0.6 is 0 Å². The number of nitrogens with one attached hydrogen (secondary N) is 1. The van der Waals surface area contributed by atoms with Crippen molar-refractivity contribution in [3.05, 3.63) is 48.5 Å². The second kappa shape index (κ2) is 9.78. The Morgan fingerprint density at radius 3 is 1.67 bits per heavy atom. The smallest absolute Gasteiger partial charge is 0.333 e. The van der Waals surface area contributed by atoms with Gasteiger partial charge in [-0.2, -0.15) is 0 Å². The van der Waals surface area contributed by atoms with Crippen LogP contribution in [-0.2, 0) is 14.3 Å². The van der Waals surface area contributed by atoms with Crippen molar-refractivity contribution in [1.29, 1.82) is 0 Å². The molecule has 0 radical (unpaired) electrons. The monoisotopic (exact) mass is 412 g/mol. The third-order valence-corrected chi connectivity index (χ3v) is 4.37. The molecule has 2 aromatic rings. The Morgan fingerprint density at radius 1 is 0.800 bits per heavy atom. The number of hydrogen-bond donors (Lipinski definition) is 1. The Kier molecular flexibility index (Phi) is 7.41. The van der Waals surface area contributed by atoms with Crippen LogP contribution in [0.3, 0.4) is 0 Å². The molecule has 0 aliphatic carbocycles. The summed E-state index contributed by atoms with van der Waals surface area (Å²) >= 11 is 0. The highest BCUT2D eigenvalue weighted by Crippen LogP contribution is 2.23. The third-order valence-electron chi connectivity index (χ3n) is 4.37. The first-order valence-electron chi connectivity index (χ1n) is 9.47. The zero-order valence-corrected chi connectivity index (χ0v) is 18.2. The lowest BCUT2D eigenvalue weighted by molar-refractivity contribution is -0.151. The van der Waals surface area contributed by atoms with E-state index in [1.54, 1.807) is 36.4 Å². The summed E-state index contributed by atoms with van der Waals surface area (Å²) in [5.41, 5.74) is 2.79. The van der Waals surface area contributed by atoms with Gasteiger partial charge >= 0.3 is 12.0 Å². The minimum atomic E-state index is -1.11. The van der Waals surface area contributed by atoms with E-state index in [1.165, 1.54) is 13.8 Å². The van der Waals surface area contributed by atoms with Crippen molar-refractivity contribution in [2.24, 2.45) is 0 Å². The number of imide groups is 1. The molecule has 1 N–H and O–H groups in total. The lowest BCUT2D eigenvalue weighted by Crippen LogP contribution is -2.46. The molecule has 0 bridgehead atoms. The van der Waals surface area contributed by atoms with Gasteiger partial charge in [-0.1, -0.05) is 0 Å².